The highest BCUT2D eigenvalue weighted by molar-refractivity contribution is 7.98. The molecule has 0 aliphatic heterocycles. The van der Waals surface area contributed by atoms with Crippen LogP contribution in [0, 0.1) is 0 Å². The highest BCUT2D eigenvalue weighted by Crippen LogP contribution is 2.21. The lowest BCUT2D eigenvalue weighted by Gasteiger charge is -2.08. The van der Waals surface area contributed by atoms with E-state index in [2.05, 4.69) is 35.3 Å². The van der Waals surface area contributed by atoms with E-state index in [4.69, 9.17) is 0 Å². The Morgan fingerprint density at radius 1 is 1.53 bits per heavy atom. The lowest BCUT2D eigenvalue weighted by Crippen LogP contribution is -2.01. The summed E-state index contributed by atoms with van der Waals surface area (Å²) in [5.41, 5.74) is 1.05. The summed E-state index contributed by atoms with van der Waals surface area (Å²) in [7, 11) is 0. The zero-order valence-electron chi connectivity index (χ0n) is 9.76. The number of nitrogens with zero attached hydrogens (tertiary/aromatic N) is 2. The summed E-state index contributed by atoms with van der Waals surface area (Å²) in [6.45, 7) is 4.49. The van der Waals surface area contributed by atoms with Crippen molar-refractivity contribution in [2.24, 2.45) is 0 Å². The second-order valence-electron chi connectivity index (χ2n) is 3.55. The summed E-state index contributed by atoms with van der Waals surface area (Å²) < 4.78 is 2.01. The van der Waals surface area contributed by atoms with Gasteiger partial charge in [-0.25, -0.2) is 4.98 Å². The van der Waals surface area contributed by atoms with Gasteiger partial charge in [0.1, 0.15) is 0 Å². The van der Waals surface area contributed by atoms with E-state index in [0.717, 1.165) is 18.2 Å². The van der Waals surface area contributed by atoms with Crippen LogP contribution in [0.2, 0.25) is 0 Å². The Morgan fingerprint density at radius 3 is 3.18 bits per heavy atom. The van der Waals surface area contributed by atoms with E-state index < -0.39 is 0 Å². The van der Waals surface area contributed by atoms with Crippen molar-refractivity contribution in [3.63, 3.8) is 0 Å². The molecule has 0 aliphatic carbocycles. The maximum absolute atomic E-state index is 4.28. The number of allylic oxidation sites excluding steroid dienone is 1. The SMILES string of the molecule is C=CCn1ccnc1Nc1cccc(SC)c1. The van der Waals surface area contributed by atoms with Crippen molar-refractivity contribution in [3.8, 4) is 0 Å². The second kappa shape index (κ2) is 5.59. The van der Waals surface area contributed by atoms with Gasteiger partial charge in [0.05, 0.1) is 0 Å². The average molecular weight is 245 g/mol. The van der Waals surface area contributed by atoms with Crippen LogP contribution in [0.3, 0.4) is 0 Å². The first-order chi connectivity index (χ1) is 8.33. The first kappa shape index (κ1) is 11.8. The minimum Gasteiger partial charge on any atom is -0.326 e. The Bertz CT molecular complexity index is 505. The van der Waals surface area contributed by atoms with Crippen LogP contribution in [0.15, 0.2) is 54.2 Å². The fourth-order valence-corrected chi connectivity index (χ4v) is 2.01. The number of hydrogen-bond acceptors (Lipinski definition) is 3. The van der Waals surface area contributed by atoms with Gasteiger partial charge in [-0.2, -0.15) is 0 Å². The quantitative estimate of drug-likeness (QED) is 0.645. The van der Waals surface area contributed by atoms with Gasteiger partial charge in [0.15, 0.2) is 0 Å². The minimum absolute atomic E-state index is 0.755. The fourth-order valence-electron chi connectivity index (χ4n) is 1.55. The van der Waals surface area contributed by atoms with Crippen LogP contribution >= 0.6 is 11.8 Å². The van der Waals surface area contributed by atoms with E-state index in [0.29, 0.717) is 0 Å². The van der Waals surface area contributed by atoms with Gasteiger partial charge in [0, 0.05) is 29.5 Å². The van der Waals surface area contributed by atoms with Gasteiger partial charge in [-0.3, -0.25) is 0 Å². The van der Waals surface area contributed by atoms with Crippen LogP contribution in [0.25, 0.3) is 0 Å². The van der Waals surface area contributed by atoms with Crippen molar-refractivity contribution in [1.29, 1.82) is 0 Å². The van der Waals surface area contributed by atoms with Crippen molar-refractivity contribution in [1.82, 2.24) is 9.55 Å². The molecular formula is C13H15N3S. The van der Waals surface area contributed by atoms with Gasteiger partial charge in [-0.1, -0.05) is 12.1 Å². The summed E-state index contributed by atoms with van der Waals surface area (Å²) in [5.74, 6) is 0.836. The normalized spacial score (nSPS) is 10.2. The molecule has 0 saturated heterocycles. The largest absolute Gasteiger partial charge is 0.326 e. The summed E-state index contributed by atoms with van der Waals surface area (Å²) in [6.07, 6.45) is 7.63. The van der Waals surface area contributed by atoms with Gasteiger partial charge in [0.2, 0.25) is 5.95 Å². The zero-order chi connectivity index (χ0) is 12.1. The van der Waals surface area contributed by atoms with Crippen LogP contribution in [0.4, 0.5) is 11.6 Å². The van der Waals surface area contributed by atoms with Gasteiger partial charge in [0.25, 0.3) is 0 Å². The lowest BCUT2D eigenvalue weighted by molar-refractivity contribution is 0.833. The molecule has 3 nitrogen and oxygen atoms in total. The Balaban J connectivity index is 2.18. The zero-order valence-corrected chi connectivity index (χ0v) is 10.6. The molecule has 0 amide bonds. The Hall–Kier alpha value is -1.68. The summed E-state index contributed by atoms with van der Waals surface area (Å²) >= 11 is 1.73. The standard InChI is InChI=1S/C13H15N3S/c1-3-8-16-9-7-14-13(16)15-11-5-4-6-12(10-11)17-2/h3-7,9-10H,1,8H2,2H3,(H,14,15). The molecule has 1 N–H and O–H groups in total. The van der Waals surface area contributed by atoms with Crippen molar-refractivity contribution in [2.75, 3.05) is 11.6 Å². The number of benzene rings is 1. The summed E-state index contributed by atoms with van der Waals surface area (Å²) in [5, 5.41) is 3.30. The first-order valence-corrected chi connectivity index (χ1v) is 6.59. The Kier molecular flexibility index (Phi) is 3.88. The molecule has 17 heavy (non-hydrogen) atoms. The van der Waals surface area contributed by atoms with Crippen molar-refractivity contribution in [2.45, 2.75) is 11.4 Å². The molecule has 0 bridgehead atoms. The number of imidazole rings is 1. The Morgan fingerprint density at radius 2 is 2.41 bits per heavy atom. The van der Waals surface area contributed by atoms with Gasteiger partial charge in [-0.05, 0) is 24.5 Å². The molecule has 0 unspecified atom stereocenters. The Labute approximate surface area is 106 Å². The molecule has 1 heterocycles. The predicted octanol–water partition coefficient (Wildman–Crippen LogP) is 3.53. The highest BCUT2D eigenvalue weighted by atomic mass is 32.2. The second-order valence-corrected chi connectivity index (χ2v) is 4.43. The maximum atomic E-state index is 4.28. The van der Waals surface area contributed by atoms with E-state index in [1.807, 2.05) is 29.0 Å². The highest BCUT2D eigenvalue weighted by Gasteiger charge is 2.02. The van der Waals surface area contributed by atoms with E-state index >= 15 is 0 Å². The topological polar surface area (TPSA) is 29.9 Å². The third-order valence-corrected chi connectivity index (χ3v) is 3.09. The number of thioether (sulfide) groups is 1. The average Bonchev–Trinajstić information content (AvgIpc) is 2.78. The lowest BCUT2D eigenvalue weighted by atomic mass is 10.3. The van der Waals surface area contributed by atoms with Crippen molar-refractivity contribution >= 4 is 23.4 Å². The van der Waals surface area contributed by atoms with Crippen molar-refractivity contribution < 1.29 is 0 Å². The van der Waals surface area contributed by atoms with Crippen LogP contribution < -0.4 is 5.32 Å². The molecule has 0 fully saturated rings. The molecular weight excluding hydrogens is 230 g/mol. The first-order valence-electron chi connectivity index (χ1n) is 5.36. The third kappa shape index (κ3) is 2.91. The number of aromatic nitrogens is 2. The third-order valence-electron chi connectivity index (χ3n) is 2.37. The molecule has 1 aromatic carbocycles. The molecule has 0 aliphatic rings. The number of nitrogens with one attached hydrogen (secondary N) is 1. The molecule has 2 aromatic rings. The molecule has 0 saturated carbocycles. The maximum Gasteiger partial charge on any atom is 0.207 e. The monoisotopic (exact) mass is 245 g/mol. The minimum atomic E-state index is 0.755. The van der Waals surface area contributed by atoms with E-state index in [-0.39, 0.29) is 0 Å². The molecule has 2 rings (SSSR count). The predicted molar refractivity (Wildman–Crippen MR) is 73.9 cm³/mol. The number of hydrogen-bond donors (Lipinski definition) is 1. The van der Waals surface area contributed by atoms with E-state index in [1.54, 1.807) is 18.0 Å². The molecule has 88 valence electrons. The molecule has 0 atom stereocenters. The van der Waals surface area contributed by atoms with Gasteiger partial charge in [-0.15, -0.1) is 18.3 Å². The van der Waals surface area contributed by atoms with Gasteiger partial charge < -0.3 is 9.88 Å². The molecule has 0 spiro atoms. The molecule has 0 radical (unpaired) electrons. The number of rotatable bonds is 5. The van der Waals surface area contributed by atoms with Crippen molar-refractivity contribution in [3.05, 3.63) is 49.3 Å². The fraction of sp³-hybridized carbons (Fsp3) is 0.154. The van der Waals surface area contributed by atoms with E-state index in [1.165, 1.54) is 4.90 Å². The van der Waals surface area contributed by atoms with Crippen LogP contribution in [0.5, 0.6) is 0 Å². The molecule has 1 aromatic heterocycles. The van der Waals surface area contributed by atoms with Crippen LogP contribution in [-0.4, -0.2) is 15.8 Å². The van der Waals surface area contributed by atoms with Crippen LogP contribution in [-0.2, 0) is 6.54 Å². The molecule has 4 heteroatoms. The summed E-state index contributed by atoms with van der Waals surface area (Å²) in [4.78, 5) is 5.52. The van der Waals surface area contributed by atoms with Crippen LogP contribution in [0.1, 0.15) is 0 Å². The van der Waals surface area contributed by atoms with Gasteiger partial charge >= 0.3 is 0 Å². The smallest absolute Gasteiger partial charge is 0.207 e. The van der Waals surface area contributed by atoms with E-state index in [9.17, 15) is 0 Å². The number of anilines is 2. The summed E-state index contributed by atoms with van der Waals surface area (Å²) in [6, 6.07) is 8.27.